The first-order valence-corrected chi connectivity index (χ1v) is 5.89. The zero-order valence-corrected chi connectivity index (χ0v) is 10.0. The second kappa shape index (κ2) is 4.52. The third-order valence-corrected chi connectivity index (χ3v) is 3.50. The normalized spacial score (nSPS) is 29.7. The maximum Gasteiger partial charge on any atom is 0.410 e. The molecule has 1 unspecified atom stereocenters. The lowest BCUT2D eigenvalue weighted by molar-refractivity contribution is -0.137. The number of likely N-dealkylation sites (N-methyl/N-ethyl adjacent to an activating group) is 1. The van der Waals surface area contributed by atoms with E-state index in [1.807, 2.05) is 7.05 Å². The monoisotopic (exact) mass is 242 g/mol. The van der Waals surface area contributed by atoms with Crippen molar-refractivity contribution in [2.75, 3.05) is 33.2 Å². The molecule has 0 saturated carbocycles. The maximum absolute atomic E-state index is 11.8. The first-order valence-electron chi connectivity index (χ1n) is 5.89. The van der Waals surface area contributed by atoms with E-state index in [4.69, 9.17) is 9.84 Å². The number of amides is 1. The van der Waals surface area contributed by atoms with E-state index in [2.05, 4.69) is 4.90 Å². The molecule has 96 valence electrons. The third kappa shape index (κ3) is 2.69. The van der Waals surface area contributed by atoms with E-state index in [0.717, 1.165) is 25.9 Å². The largest absolute Gasteiger partial charge is 0.481 e. The molecule has 1 atom stereocenters. The fourth-order valence-corrected chi connectivity index (χ4v) is 2.50. The van der Waals surface area contributed by atoms with Gasteiger partial charge in [0, 0.05) is 39.0 Å². The van der Waals surface area contributed by atoms with Gasteiger partial charge in [0.2, 0.25) is 0 Å². The lowest BCUT2D eigenvalue weighted by Gasteiger charge is -2.38. The number of carbonyl (C=O) groups is 2. The quantitative estimate of drug-likeness (QED) is 0.774. The molecule has 2 heterocycles. The van der Waals surface area contributed by atoms with Gasteiger partial charge in [-0.3, -0.25) is 4.79 Å². The van der Waals surface area contributed by atoms with Gasteiger partial charge in [-0.1, -0.05) is 0 Å². The molecule has 0 aromatic rings. The molecule has 1 spiro atoms. The van der Waals surface area contributed by atoms with Gasteiger partial charge in [-0.15, -0.1) is 0 Å². The maximum atomic E-state index is 11.8. The van der Waals surface area contributed by atoms with E-state index in [1.165, 1.54) is 4.90 Å². The average Bonchev–Trinajstić information content (AvgIpc) is 2.58. The summed E-state index contributed by atoms with van der Waals surface area (Å²) in [4.78, 5) is 25.9. The van der Waals surface area contributed by atoms with E-state index in [1.54, 1.807) is 0 Å². The molecule has 2 rings (SSSR count). The molecule has 6 nitrogen and oxygen atoms in total. The SMILES string of the molecule is CN1CCC2(CCN(CCC(=O)O)C(=O)O2)C1. The lowest BCUT2D eigenvalue weighted by atomic mass is 9.97. The molecule has 0 aliphatic carbocycles. The predicted octanol–water partition coefficient (Wildman–Crippen LogP) is 0.378. The van der Waals surface area contributed by atoms with E-state index in [-0.39, 0.29) is 24.7 Å². The summed E-state index contributed by atoms with van der Waals surface area (Å²) in [6.45, 7) is 2.56. The Morgan fingerprint density at radius 2 is 2.18 bits per heavy atom. The van der Waals surface area contributed by atoms with Gasteiger partial charge in [0.15, 0.2) is 0 Å². The van der Waals surface area contributed by atoms with E-state index in [9.17, 15) is 9.59 Å². The van der Waals surface area contributed by atoms with Crippen LogP contribution in [0.25, 0.3) is 0 Å². The summed E-state index contributed by atoms with van der Waals surface area (Å²) in [5.74, 6) is -0.890. The van der Waals surface area contributed by atoms with Gasteiger partial charge in [-0.2, -0.15) is 0 Å². The number of ether oxygens (including phenoxy) is 1. The van der Waals surface area contributed by atoms with Crippen LogP contribution in [0.1, 0.15) is 19.3 Å². The zero-order valence-electron chi connectivity index (χ0n) is 10.0. The van der Waals surface area contributed by atoms with E-state index >= 15 is 0 Å². The highest BCUT2D eigenvalue weighted by Crippen LogP contribution is 2.32. The highest BCUT2D eigenvalue weighted by Gasteiger charge is 2.44. The van der Waals surface area contributed by atoms with E-state index in [0.29, 0.717) is 6.54 Å². The van der Waals surface area contributed by atoms with Crippen LogP contribution in [-0.2, 0) is 9.53 Å². The number of carbonyl (C=O) groups excluding carboxylic acids is 1. The minimum Gasteiger partial charge on any atom is -0.481 e. The predicted molar refractivity (Wildman–Crippen MR) is 59.8 cm³/mol. The van der Waals surface area contributed by atoms with Crippen LogP contribution < -0.4 is 0 Å². The molecule has 2 aliphatic rings. The third-order valence-electron chi connectivity index (χ3n) is 3.50. The van der Waals surface area contributed by atoms with Crippen molar-refractivity contribution >= 4 is 12.1 Å². The Kier molecular flexibility index (Phi) is 3.24. The number of hydrogen-bond donors (Lipinski definition) is 1. The highest BCUT2D eigenvalue weighted by molar-refractivity contribution is 5.71. The zero-order chi connectivity index (χ0) is 12.5. The van der Waals surface area contributed by atoms with Crippen LogP contribution in [0.5, 0.6) is 0 Å². The van der Waals surface area contributed by atoms with Crippen molar-refractivity contribution in [3.63, 3.8) is 0 Å². The molecule has 0 radical (unpaired) electrons. The molecule has 17 heavy (non-hydrogen) atoms. The lowest BCUT2D eigenvalue weighted by Crippen LogP contribution is -2.51. The Bertz CT molecular complexity index is 333. The van der Waals surface area contributed by atoms with Crippen LogP contribution in [0, 0.1) is 0 Å². The van der Waals surface area contributed by atoms with Gasteiger partial charge in [0.05, 0.1) is 6.42 Å². The van der Waals surface area contributed by atoms with Gasteiger partial charge < -0.3 is 19.6 Å². The second-order valence-electron chi connectivity index (χ2n) is 4.92. The molecule has 6 heteroatoms. The summed E-state index contributed by atoms with van der Waals surface area (Å²) in [5.41, 5.74) is -0.328. The molecular formula is C11H18N2O4. The van der Waals surface area contributed by atoms with Crippen LogP contribution in [-0.4, -0.2) is 65.8 Å². The van der Waals surface area contributed by atoms with Crippen LogP contribution in [0.15, 0.2) is 0 Å². The molecule has 2 saturated heterocycles. The summed E-state index contributed by atoms with van der Waals surface area (Å²) in [7, 11) is 2.01. The summed E-state index contributed by atoms with van der Waals surface area (Å²) >= 11 is 0. The fourth-order valence-electron chi connectivity index (χ4n) is 2.50. The smallest absolute Gasteiger partial charge is 0.410 e. The number of likely N-dealkylation sites (tertiary alicyclic amines) is 1. The molecular weight excluding hydrogens is 224 g/mol. The number of carboxylic acids is 1. The number of nitrogens with zero attached hydrogens (tertiary/aromatic N) is 2. The fraction of sp³-hybridized carbons (Fsp3) is 0.818. The summed E-state index contributed by atoms with van der Waals surface area (Å²) in [6.07, 6.45) is 1.28. The van der Waals surface area contributed by atoms with Crippen LogP contribution in [0.4, 0.5) is 4.79 Å². The number of rotatable bonds is 3. The molecule has 0 bridgehead atoms. The molecule has 1 amide bonds. The van der Waals surface area contributed by atoms with Crippen molar-refractivity contribution in [2.24, 2.45) is 0 Å². The molecule has 1 N–H and O–H groups in total. The van der Waals surface area contributed by atoms with Crippen molar-refractivity contribution in [1.82, 2.24) is 9.80 Å². The van der Waals surface area contributed by atoms with Crippen LogP contribution >= 0.6 is 0 Å². The van der Waals surface area contributed by atoms with Crippen molar-refractivity contribution in [2.45, 2.75) is 24.9 Å². The summed E-state index contributed by atoms with van der Waals surface area (Å²) in [6, 6.07) is 0. The van der Waals surface area contributed by atoms with Gasteiger partial charge in [0.25, 0.3) is 0 Å². The molecule has 0 aromatic heterocycles. The number of hydrogen-bond acceptors (Lipinski definition) is 4. The Morgan fingerprint density at radius 3 is 2.71 bits per heavy atom. The van der Waals surface area contributed by atoms with Crippen molar-refractivity contribution in [3.05, 3.63) is 0 Å². The van der Waals surface area contributed by atoms with Crippen molar-refractivity contribution in [1.29, 1.82) is 0 Å². The minimum atomic E-state index is -0.890. The average molecular weight is 242 g/mol. The highest BCUT2D eigenvalue weighted by atomic mass is 16.6. The summed E-state index contributed by atoms with van der Waals surface area (Å²) < 4.78 is 5.50. The number of aliphatic carboxylic acids is 1. The Morgan fingerprint density at radius 1 is 1.47 bits per heavy atom. The molecule has 0 aromatic carbocycles. The van der Waals surface area contributed by atoms with Crippen LogP contribution in [0.3, 0.4) is 0 Å². The first kappa shape index (κ1) is 12.2. The first-order chi connectivity index (χ1) is 8.01. The Hall–Kier alpha value is -1.30. The Balaban J connectivity index is 1.89. The van der Waals surface area contributed by atoms with Crippen LogP contribution in [0.2, 0.25) is 0 Å². The summed E-state index contributed by atoms with van der Waals surface area (Å²) in [5, 5.41) is 8.58. The molecule has 2 aliphatic heterocycles. The van der Waals surface area contributed by atoms with Crippen molar-refractivity contribution in [3.8, 4) is 0 Å². The second-order valence-corrected chi connectivity index (χ2v) is 4.92. The number of carboxylic acid groups (broad SMARTS) is 1. The van der Waals surface area contributed by atoms with Gasteiger partial charge in [-0.05, 0) is 7.05 Å². The van der Waals surface area contributed by atoms with Gasteiger partial charge in [-0.25, -0.2) is 4.79 Å². The minimum absolute atomic E-state index is 0.0258. The van der Waals surface area contributed by atoms with Gasteiger partial charge in [0.1, 0.15) is 5.60 Å². The van der Waals surface area contributed by atoms with Gasteiger partial charge >= 0.3 is 12.1 Å². The molecule has 2 fully saturated rings. The topological polar surface area (TPSA) is 70.1 Å². The Labute approximate surface area is 100 Å². The standard InChI is InChI=1S/C11H18N2O4/c1-12-6-3-11(8-12)4-7-13(10(16)17-11)5-2-9(14)15/h2-8H2,1H3,(H,14,15). The van der Waals surface area contributed by atoms with E-state index < -0.39 is 5.97 Å². The van der Waals surface area contributed by atoms with Crippen molar-refractivity contribution < 1.29 is 19.4 Å².